The van der Waals surface area contributed by atoms with Gasteiger partial charge < -0.3 is 24.2 Å². The van der Waals surface area contributed by atoms with E-state index in [0.717, 1.165) is 29.5 Å². The van der Waals surface area contributed by atoms with Crippen molar-refractivity contribution in [2.24, 2.45) is 0 Å². The SMILES string of the molecule is CCOC(=O)C(Cc1cc(C2CCCN2C(=O)Cc2ccc(C/C=C/c3ccccc3)cc2)no1)(NC(C)=O)C(=O)OCC. The lowest BCUT2D eigenvalue weighted by atomic mass is 9.93. The van der Waals surface area contributed by atoms with Gasteiger partial charge in [0, 0.05) is 19.5 Å². The predicted molar refractivity (Wildman–Crippen MR) is 163 cm³/mol. The molecule has 4 rings (SSSR count). The summed E-state index contributed by atoms with van der Waals surface area (Å²) in [4.78, 5) is 53.2. The van der Waals surface area contributed by atoms with E-state index in [1.807, 2.05) is 42.5 Å². The highest BCUT2D eigenvalue weighted by Gasteiger charge is 2.51. The fraction of sp³-hybridized carbons (Fsp3) is 0.382. The normalized spacial score (nSPS) is 14.9. The number of amides is 2. The van der Waals surface area contributed by atoms with E-state index in [9.17, 15) is 19.2 Å². The average Bonchev–Trinajstić information content (AvgIpc) is 3.68. The minimum absolute atomic E-state index is 0.00555. The van der Waals surface area contributed by atoms with Crippen molar-refractivity contribution >= 4 is 29.8 Å². The van der Waals surface area contributed by atoms with Gasteiger partial charge in [-0.05, 0) is 49.8 Å². The minimum atomic E-state index is -2.14. The number of hydrogen-bond donors (Lipinski definition) is 1. The van der Waals surface area contributed by atoms with Gasteiger partial charge in [-0.25, -0.2) is 9.59 Å². The summed E-state index contributed by atoms with van der Waals surface area (Å²) in [7, 11) is 0. The molecule has 1 atom stereocenters. The Morgan fingerprint density at radius 3 is 2.30 bits per heavy atom. The van der Waals surface area contributed by atoms with E-state index < -0.39 is 23.4 Å². The molecule has 0 radical (unpaired) electrons. The number of allylic oxidation sites excluding steroid dienone is 1. The van der Waals surface area contributed by atoms with Crippen molar-refractivity contribution in [1.82, 2.24) is 15.4 Å². The lowest BCUT2D eigenvalue weighted by molar-refractivity contribution is -0.168. The monoisotopic (exact) mass is 601 g/mol. The molecule has 0 aliphatic carbocycles. The number of nitrogens with zero attached hydrogens (tertiary/aromatic N) is 2. The maximum atomic E-state index is 13.4. The Balaban J connectivity index is 1.43. The molecular weight excluding hydrogens is 562 g/mol. The largest absolute Gasteiger partial charge is 0.464 e. The van der Waals surface area contributed by atoms with E-state index in [1.54, 1.807) is 24.8 Å². The number of benzene rings is 2. The summed E-state index contributed by atoms with van der Waals surface area (Å²) in [5.41, 5.74) is 1.60. The molecule has 0 bridgehead atoms. The summed E-state index contributed by atoms with van der Waals surface area (Å²) in [6.07, 6.45) is 6.39. The number of esters is 2. The van der Waals surface area contributed by atoms with Crippen LogP contribution in [0.15, 0.2) is 71.3 Å². The Hall–Kier alpha value is -4.73. The first-order valence-corrected chi connectivity index (χ1v) is 14.9. The lowest BCUT2D eigenvalue weighted by Crippen LogP contribution is -2.62. The molecule has 1 aliphatic heterocycles. The van der Waals surface area contributed by atoms with Crippen molar-refractivity contribution in [3.63, 3.8) is 0 Å². The molecule has 1 aromatic heterocycles. The lowest BCUT2D eigenvalue weighted by Gasteiger charge is -2.28. The van der Waals surface area contributed by atoms with Gasteiger partial charge in [-0.2, -0.15) is 0 Å². The third kappa shape index (κ3) is 8.00. The number of rotatable bonds is 13. The van der Waals surface area contributed by atoms with Gasteiger partial charge in [-0.1, -0.05) is 71.9 Å². The molecule has 10 nitrogen and oxygen atoms in total. The number of nitrogens with one attached hydrogen (secondary N) is 1. The topological polar surface area (TPSA) is 128 Å². The van der Waals surface area contributed by atoms with E-state index in [2.05, 4.69) is 34.8 Å². The van der Waals surface area contributed by atoms with Crippen LogP contribution in [0.1, 0.15) is 67.8 Å². The molecule has 1 unspecified atom stereocenters. The summed E-state index contributed by atoms with van der Waals surface area (Å²) in [5, 5.41) is 6.60. The maximum Gasteiger partial charge on any atom is 0.344 e. The van der Waals surface area contributed by atoms with Crippen LogP contribution in [-0.4, -0.2) is 59.1 Å². The highest BCUT2D eigenvalue weighted by molar-refractivity contribution is 6.08. The second-order valence-corrected chi connectivity index (χ2v) is 10.7. The molecule has 0 spiro atoms. The van der Waals surface area contributed by atoms with Crippen LogP contribution < -0.4 is 5.32 Å². The van der Waals surface area contributed by atoms with Gasteiger partial charge in [0.2, 0.25) is 17.4 Å². The summed E-state index contributed by atoms with van der Waals surface area (Å²) in [6.45, 7) is 4.95. The zero-order valence-corrected chi connectivity index (χ0v) is 25.4. The Labute approximate surface area is 257 Å². The molecule has 1 fully saturated rings. The fourth-order valence-electron chi connectivity index (χ4n) is 5.35. The summed E-state index contributed by atoms with van der Waals surface area (Å²) in [5.74, 6) is -2.38. The fourth-order valence-corrected chi connectivity index (χ4v) is 5.35. The standard InChI is InChI=1S/C34H39N3O7/c1-4-42-32(40)34(35-24(3)38,33(41)43-5-2)23-28-22-29(36-44-28)30-15-10-20-37(30)31(39)21-27-18-16-26(17-19-27)14-9-13-25-11-7-6-8-12-25/h6-9,11-13,16-19,22,30H,4-5,10,14-15,20-21,23H2,1-3H3,(H,35,38)/b13-9+. The molecular formula is C34H39N3O7. The number of hydrogen-bond acceptors (Lipinski definition) is 8. The average molecular weight is 602 g/mol. The number of ether oxygens (including phenoxy) is 2. The first-order valence-electron chi connectivity index (χ1n) is 14.9. The van der Waals surface area contributed by atoms with Gasteiger partial charge in [-0.3, -0.25) is 9.59 Å². The third-order valence-electron chi connectivity index (χ3n) is 7.41. The molecule has 1 saturated heterocycles. The maximum absolute atomic E-state index is 13.4. The molecule has 44 heavy (non-hydrogen) atoms. The van der Waals surface area contributed by atoms with E-state index in [1.165, 1.54) is 6.92 Å². The molecule has 0 saturated carbocycles. The molecule has 3 aromatic rings. The van der Waals surface area contributed by atoms with Crippen molar-refractivity contribution in [2.45, 2.75) is 64.5 Å². The van der Waals surface area contributed by atoms with Crippen molar-refractivity contribution in [2.75, 3.05) is 19.8 Å². The molecule has 2 heterocycles. The molecule has 2 aromatic carbocycles. The smallest absolute Gasteiger partial charge is 0.344 e. The van der Waals surface area contributed by atoms with Crippen LogP contribution in [0.5, 0.6) is 0 Å². The number of aromatic nitrogens is 1. The van der Waals surface area contributed by atoms with E-state index in [0.29, 0.717) is 18.7 Å². The highest BCUT2D eigenvalue weighted by Crippen LogP contribution is 2.33. The van der Waals surface area contributed by atoms with Crippen LogP contribution in [0.2, 0.25) is 0 Å². The quantitative estimate of drug-likeness (QED) is 0.226. The van der Waals surface area contributed by atoms with Gasteiger partial charge in [0.05, 0.1) is 32.1 Å². The molecule has 10 heteroatoms. The summed E-state index contributed by atoms with van der Waals surface area (Å²) < 4.78 is 15.8. The Morgan fingerprint density at radius 2 is 1.66 bits per heavy atom. The van der Waals surface area contributed by atoms with Crippen molar-refractivity contribution in [3.05, 3.63) is 94.9 Å². The molecule has 1 N–H and O–H groups in total. The van der Waals surface area contributed by atoms with Crippen molar-refractivity contribution < 1.29 is 33.2 Å². The van der Waals surface area contributed by atoms with Crippen LogP contribution in [0, 0.1) is 0 Å². The molecule has 232 valence electrons. The van der Waals surface area contributed by atoms with Gasteiger partial charge in [0.1, 0.15) is 11.5 Å². The Morgan fingerprint density at radius 1 is 1.00 bits per heavy atom. The Kier molecular flexibility index (Phi) is 11.1. The van der Waals surface area contributed by atoms with Gasteiger partial charge in [0.15, 0.2) is 0 Å². The minimum Gasteiger partial charge on any atom is -0.464 e. The van der Waals surface area contributed by atoms with Crippen LogP contribution in [0.25, 0.3) is 6.08 Å². The van der Waals surface area contributed by atoms with Gasteiger partial charge in [-0.15, -0.1) is 0 Å². The Bertz CT molecular complexity index is 1450. The van der Waals surface area contributed by atoms with Crippen LogP contribution >= 0.6 is 0 Å². The van der Waals surface area contributed by atoms with Crippen LogP contribution in [0.4, 0.5) is 0 Å². The number of likely N-dealkylation sites (tertiary alicyclic amines) is 1. The zero-order chi connectivity index (χ0) is 31.5. The van der Waals surface area contributed by atoms with Gasteiger partial charge in [0.25, 0.3) is 0 Å². The van der Waals surface area contributed by atoms with Crippen LogP contribution in [-0.2, 0) is 47.9 Å². The first-order chi connectivity index (χ1) is 21.3. The second kappa shape index (κ2) is 15.1. The first kappa shape index (κ1) is 32.2. The van der Waals surface area contributed by atoms with E-state index in [-0.39, 0.29) is 43.8 Å². The van der Waals surface area contributed by atoms with E-state index in [4.69, 9.17) is 14.0 Å². The second-order valence-electron chi connectivity index (χ2n) is 10.7. The summed E-state index contributed by atoms with van der Waals surface area (Å²) >= 11 is 0. The third-order valence-corrected chi connectivity index (χ3v) is 7.41. The summed E-state index contributed by atoms with van der Waals surface area (Å²) in [6, 6.07) is 19.5. The highest BCUT2D eigenvalue weighted by atomic mass is 16.6. The predicted octanol–water partition coefficient (Wildman–Crippen LogP) is 4.38. The zero-order valence-electron chi connectivity index (χ0n) is 25.4. The van der Waals surface area contributed by atoms with Crippen LogP contribution in [0.3, 0.4) is 0 Å². The van der Waals surface area contributed by atoms with Crippen molar-refractivity contribution in [1.29, 1.82) is 0 Å². The van der Waals surface area contributed by atoms with Crippen molar-refractivity contribution in [3.8, 4) is 0 Å². The molecule has 1 aliphatic rings. The number of carbonyl (C=O) groups is 4. The number of carbonyl (C=O) groups excluding carboxylic acids is 4. The van der Waals surface area contributed by atoms with E-state index >= 15 is 0 Å². The molecule has 2 amide bonds. The van der Waals surface area contributed by atoms with Gasteiger partial charge >= 0.3 is 11.9 Å².